The highest BCUT2D eigenvalue weighted by Crippen LogP contribution is 2.47. The summed E-state index contributed by atoms with van der Waals surface area (Å²) >= 11 is 1.82. The number of thiazole rings is 1. The molecule has 14 heavy (non-hydrogen) atoms. The van der Waals surface area contributed by atoms with Crippen LogP contribution in [0.15, 0.2) is 5.38 Å². The monoisotopic (exact) mass is 210 g/mol. The Morgan fingerprint density at radius 2 is 2.50 bits per heavy atom. The van der Waals surface area contributed by atoms with E-state index in [0.29, 0.717) is 0 Å². The Morgan fingerprint density at radius 3 is 3.14 bits per heavy atom. The molecule has 3 heteroatoms. The predicted octanol–water partition coefficient (Wildman–Crippen LogP) is 2.55. The van der Waals surface area contributed by atoms with E-state index < -0.39 is 0 Å². The second-order valence-corrected chi connectivity index (χ2v) is 5.02. The molecule has 1 aliphatic rings. The van der Waals surface area contributed by atoms with Crippen LogP contribution in [0.3, 0.4) is 0 Å². The Labute approximate surface area is 89.8 Å². The van der Waals surface area contributed by atoms with Crippen LogP contribution in [0.1, 0.15) is 36.4 Å². The molecular weight excluding hydrogens is 192 g/mol. The number of aromatic nitrogens is 1. The van der Waals surface area contributed by atoms with Gasteiger partial charge in [0, 0.05) is 17.0 Å². The number of rotatable bonds is 5. The maximum Gasteiger partial charge on any atom is 0.0962 e. The summed E-state index contributed by atoms with van der Waals surface area (Å²) in [6.45, 7) is 6.62. The molecule has 2 unspecified atom stereocenters. The lowest BCUT2D eigenvalue weighted by atomic mass is 10.3. The van der Waals surface area contributed by atoms with Gasteiger partial charge in [-0.2, -0.15) is 0 Å². The van der Waals surface area contributed by atoms with E-state index >= 15 is 0 Å². The highest BCUT2D eigenvalue weighted by molar-refractivity contribution is 7.09. The van der Waals surface area contributed by atoms with Gasteiger partial charge in [-0.1, -0.05) is 6.92 Å². The first-order chi connectivity index (χ1) is 6.81. The summed E-state index contributed by atoms with van der Waals surface area (Å²) in [4.78, 5) is 4.54. The largest absolute Gasteiger partial charge is 0.316 e. The first-order valence-corrected chi connectivity index (χ1v) is 6.32. The first-order valence-electron chi connectivity index (χ1n) is 5.44. The number of aryl methyl sites for hydroxylation is 1. The van der Waals surface area contributed by atoms with Gasteiger partial charge in [-0.3, -0.25) is 0 Å². The van der Waals surface area contributed by atoms with Crippen LogP contribution in [0.4, 0.5) is 0 Å². The van der Waals surface area contributed by atoms with Crippen LogP contribution in [-0.4, -0.2) is 18.1 Å². The molecule has 1 saturated carbocycles. The molecule has 0 radical (unpaired) electrons. The molecule has 1 aliphatic carbocycles. The number of nitrogens with one attached hydrogen (secondary N) is 1. The summed E-state index contributed by atoms with van der Waals surface area (Å²) in [7, 11) is 0. The molecule has 0 aromatic carbocycles. The Morgan fingerprint density at radius 1 is 1.64 bits per heavy atom. The first kappa shape index (κ1) is 10.1. The Bertz CT molecular complexity index is 295. The minimum absolute atomic E-state index is 0.762. The zero-order chi connectivity index (χ0) is 9.97. The van der Waals surface area contributed by atoms with Crippen molar-refractivity contribution in [1.29, 1.82) is 0 Å². The fraction of sp³-hybridized carbons (Fsp3) is 0.727. The molecule has 1 aromatic heterocycles. The van der Waals surface area contributed by atoms with Gasteiger partial charge in [0.15, 0.2) is 0 Å². The summed E-state index contributed by atoms with van der Waals surface area (Å²) in [6, 6.07) is 0. The number of hydrogen-bond donors (Lipinski definition) is 1. The molecule has 2 rings (SSSR count). The average molecular weight is 210 g/mol. The van der Waals surface area contributed by atoms with Crippen molar-refractivity contribution in [3.8, 4) is 0 Å². The summed E-state index contributed by atoms with van der Waals surface area (Å²) in [5.74, 6) is 1.62. The van der Waals surface area contributed by atoms with Crippen LogP contribution in [0.2, 0.25) is 0 Å². The standard InChI is InChI=1S/C11H18N2S/c1-3-4-12-6-9-5-10(9)11-13-8(2)7-14-11/h7,9-10,12H,3-6H2,1-2H3. The van der Waals surface area contributed by atoms with E-state index in [4.69, 9.17) is 0 Å². The minimum atomic E-state index is 0.762. The second-order valence-electron chi connectivity index (χ2n) is 4.13. The van der Waals surface area contributed by atoms with Crippen molar-refractivity contribution in [3.63, 3.8) is 0 Å². The average Bonchev–Trinajstić information content (AvgIpc) is 2.81. The smallest absolute Gasteiger partial charge is 0.0962 e. The summed E-state index contributed by atoms with van der Waals surface area (Å²) in [5, 5.41) is 6.99. The summed E-state index contributed by atoms with van der Waals surface area (Å²) in [5.41, 5.74) is 1.18. The van der Waals surface area contributed by atoms with Crippen molar-refractivity contribution in [2.75, 3.05) is 13.1 Å². The molecule has 2 atom stereocenters. The molecule has 1 heterocycles. The molecule has 1 N–H and O–H groups in total. The van der Waals surface area contributed by atoms with E-state index in [1.165, 1.54) is 30.1 Å². The predicted molar refractivity (Wildman–Crippen MR) is 60.9 cm³/mol. The van der Waals surface area contributed by atoms with Gasteiger partial charge in [-0.15, -0.1) is 11.3 Å². The Hall–Kier alpha value is -0.410. The van der Waals surface area contributed by atoms with Crippen LogP contribution in [0, 0.1) is 12.8 Å². The zero-order valence-electron chi connectivity index (χ0n) is 8.92. The molecule has 0 saturated heterocycles. The number of hydrogen-bond acceptors (Lipinski definition) is 3. The fourth-order valence-electron chi connectivity index (χ4n) is 1.78. The van der Waals surface area contributed by atoms with Gasteiger partial charge in [-0.25, -0.2) is 4.98 Å². The Kier molecular flexibility index (Phi) is 3.19. The molecule has 0 spiro atoms. The lowest BCUT2D eigenvalue weighted by Crippen LogP contribution is -2.17. The van der Waals surface area contributed by atoms with Crippen molar-refractivity contribution >= 4 is 11.3 Å². The van der Waals surface area contributed by atoms with Crippen molar-refractivity contribution in [2.24, 2.45) is 5.92 Å². The van der Waals surface area contributed by atoms with Crippen molar-refractivity contribution in [1.82, 2.24) is 10.3 Å². The molecule has 1 aromatic rings. The fourth-order valence-corrected chi connectivity index (χ4v) is 2.79. The zero-order valence-corrected chi connectivity index (χ0v) is 9.73. The van der Waals surface area contributed by atoms with Gasteiger partial charge in [0.1, 0.15) is 0 Å². The third-order valence-corrected chi connectivity index (χ3v) is 3.80. The van der Waals surface area contributed by atoms with Crippen LogP contribution in [0.5, 0.6) is 0 Å². The van der Waals surface area contributed by atoms with E-state index in [-0.39, 0.29) is 0 Å². The highest BCUT2D eigenvalue weighted by Gasteiger charge is 2.39. The van der Waals surface area contributed by atoms with Crippen molar-refractivity contribution < 1.29 is 0 Å². The van der Waals surface area contributed by atoms with E-state index in [9.17, 15) is 0 Å². The maximum atomic E-state index is 4.54. The van der Waals surface area contributed by atoms with Gasteiger partial charge in [0.25, 0.3) is 0 Å². The minimum Gasteiger partial charge on any atom is -0.316 e. The van der Waals surface area contributed by atoms with Crippen molar-refractivity contribution in [2.45, 2.75) is 32.6 Å². The van der Waals surface area contributed by atoms with Gasteiger partial charge >= 0.3 is 0 Å². The van der Waals surface area contributed by atoms with Crippen molar-refractivity contribution in [3.05, 3.63) is 16.1 Å². The highest BCUT2D eigenvalue weighted by atomic mass is 32.1. The van der Waals surface area contributed by atoms with Crippen LogP contribution in [0.25, 0.3) is 0 Å². The maximum absolute atomic E-state index is 4.54. The summed E-state index contributed by atoms with van der Waals surface area (Å²) < 4.78 is 0. The normalized spacial score (nSPS) is 25.3. The molecular formula is C11H18N2S. The van der Waals surface area contributed by atoms with E-state index in [0.717, 1.165) is 18.4 Å². The number of nitrogens with zero attached hydrogens (tertiary/aromatic N) is 1. The van der Waals surface area contributed by atoms with Gasteiger partial charge < -0.3 is 5.32 Å². The van der Waals surface area contributed by atoms with Gasteiger partial charge in [0.2, 0.25) is 0 Å². The molecule has 2 nitrogen and oxygen atoms in total. The lowest BCUT2D eigenvalue weighted by molar-refractivity contribution is 0.619. The van der Waals surface area contributed by atoms with Gasteiger partial charge in [-0.05, 0) is 38.8 Å². The van der Waals surface area contributed by atoms with Gasteiger partial charge in [0.05, 0.1) is 5.01 Å². The molecule has 78 valence electrons. The third kappa shape index (κ3) is 2.34. The molecule has 0 bridgehead atoms. The second kappa shape index (κ2) is 4.41. The summed E-state index contributed by atoms with van der Waals surface area (Å²) in [6.07, 6.45) is 2.57. The third-order valence-electron chi connectivity index (χ3n) is 2.71. The van der Waals surface area contributed by atoms with E-state index in [1.807, 2.05) is 11.3 Å². The Balaban J connectivity index is 1.76. The molecule has 0 amide bonds. The quantitative estimate of drug-likeness (QED) is 0.756. The van der Waals surface area contributed by atoms with Crippen LogP contribution < -0.4 is 5.32 Å². The molecule has 0 aliphatic heterocycles. The SMILES string of the molecule is CCCNCC1CC1c1nc(C)cs1. The van der Waals surface area contributed by atoms with E-state index in [2.05, 4.69) is 29.5 Å². The lowest BCUT2D eigenvalue weighted by Gasteiger charge is -2.00. The van der Waals surface area contributed by atoms with Crippen LogP contribution >= 0.6 is 11.3 Å². The van der Waals surface area contributed by atoms with E-state index in [1.54, 1.807) is 0 Å². The topological polar surface area (TPSA) is 24.9 Å². The molecule has 1 fully saturated rings. The van der Waals surface area contributed by atoms with Crippen LogP contribution in [-0.2, 0) is 0 Å².